The van der Waals surface area contributed by atoms with E-state index in [0.29, 0.717) is 12.3 Å². The second-order valence-electron chi connectivity index (χ2n) is 7.40. The summed E-state index contributed by atoms with van der Waals surface area (Å²) in [5, 5.41) is 0. The van der Waals surface area contributed by atoms with Crippen molar-refractivity contribution in [1.82, 2.24) is 0 Å². The maximum atomic E-state index is 9.08. The minimum Gasteiger partial charge on any atom is -0.748 e. The summed E-state index contributed by atoms with van der Waals surface area (Å²) in [7, 11) is 5.04. The summed E-state index contributed by atoms with van der Waals surface area (Å²) in [6.07, 6.45) is 2.58. The normalized spacial score (nSPS) is 17.6. The topological polar surface area (TPSA) is 98.6 Å². The summed E-state index contributed by atoms with van der Waals surface area (Å²) < 4.78 is 49.1. The fourth-order valence-electron chi connectivity index (χ4n) is 3.78. The van der Waals surface area contributed by atoms with E-state index in [1.54, 1.807) is 28.4 Å². The van der Waals surface area contributed by atoms with Crippen LogP contribution in [0.15, 0.2) is 30.3 Å². The minimum absolute atomic E-state index is 0.358. The van der Waals surface area contributed by atoms with Crippen LogP contribution in [0.1, 0.15) is 22.7 Å². The lowest BCUT2D eigenvalue weighted by Gasteiger charge is -2.32. The van der Waals surface area contributed by atoms with E-state index < -0.39 is 10.1 Å². The first kappa shape index (κ1) is 24.8. The van der Waals surface area contributed by atoms with E-state index in [9.17, 15) is 0 Å². The Kier molecular flexibility index (Phi) is 8.55. The number of hydrogen-bond donors (Lipinski definition) is 1. The van der Waals surface area contributed by atoms with E-state index >= 15 is 0 Å². The Morgan fingerprint density at radius 3 is 2.00 bits per heavy atom. The van der Waals surface area contributed by atoms with E-state index in [1.807, 2.05) is 6.07 Å². The fourth-order valence-corrected chi connectivity index (χ4v) is 3.78. The molecule has 0 saturated heterocycles. The van der Waals surface area contributed by atoms with Gasteiger partial charge in [-0.2, -0.15) is 0 Å². The predicted molar refractivity (Wildman–Crippen MR) is 117 cm³/mol. The molecule has 0 fully saturated rings. The van der Waals surface area contributed by atoms with Crippen LogP contribution >= 0.6 is 0 Å². The Morgan fingerprint density at radius 2 is 1.45 bits per heavy atom. The van der Waals surface area contributed by atoms with Crippen molar-refractivity contribution >= 4 is 10.1 Å². The van der Waals surface area contributed by atoms with Crippen LogP contribution in [0.3, 0.4) is 0 Å². The smallest absolute Gasteiger partial charge is 0.161 e. The highest BCUT2D eigenvalue weighted by molar-refractivity contribution is 7.84. The van der Waals surface area contributed by atoms with Gasteiger partial charge in [-0.05, 0) is 35.4 Å². The predicted octanol–water partition coefficient (Wildman–Crippen LogP) is 1.24. The zero-order valence-corrected chi connectivity index (χ0v) is 19.7. The molecule has 0 radical (unpaired) electrons. The molecule has 1 N–H and O–H groups in total. The van der Waals surface area contributed by atoms with Crippen LogP contribution in [0.4, 0.5) is 0 Å². The summed E-state index contributed by atoms with van der Waals surface area (Å²) in [6.45, 7) is 1.10. The van der Waals surface area contributed by atoms with Gasteiger partial charge < -0.3 is 28.4 Å². The molecule has 0 spiro atoms. The maximum absolute atomic E-state index is 9.08. The lowest BCUT2D eigenvalue weighted by atomic mass is 9.88. The van der Waals surface area contributed by atoms with Crippen LogP contribution in [-0.4, -0.2) is 61.3 Å². The van der Waals surface area contributed by atoms with Crippen LogP contribution in [0.25, 0.3) is 0 Å². The number of rotatable bonds is 6. The number of nitrogens with one attached hydrogen (secondary N) is 1. The van der Waals surface area contributed by atoms with Crippen molar-refractivity contribution in [2.75, 3.05) is 48.3 Å². The van der Waals surface area contributed by atoms with Gasteiger partial charge >= 0.3 is 0 Å². The molecule has 0 saturated carbocycles. The van der Waals surface area contributed by atoms with Gasteiger partial charge in [0.1, 0.15) is 6.04 Å². The van der Waals surface area contributed by atoms with E-state index in [2.05, 4.69) is 31.3 Å². The SMILES string of the molecule is COc1ccc(CC2c3cc(OC)c(OC)cc3CC[NH+]2C)cc1OC.CS(=O)(=O)[O-]. The molecule has 9 heteroatoms. The number of quaternary nitrogens is 1. The molecular formula is C22H31NO7S. The molecule has 3 rings (SSSR count). The van der Waals surface area contributed by atoms with E-state index in [-0.39, 0.29) is 0 Å². The summed E-state index contributed by atoms with van der Waals surface area (Å²) >= 11 is 0. The largest absolute Gasteiger partial charge is 0.748 e. The highest BCUT2D eigenvalue weighted by Crippen LogP contribution is 2.36. The Labute approximate surface area is 184 Å². The minimum atomic E-state index is -3.92. The summed E-state index contributed by atoms with van der Waals surface area (Å²) in [5.74, 6) is 3.12. The number of benzene rings is 2. The molecular weight excluding hydrogens is 422 g/mol. The highest BCUT2D eigenvalue weighted by atomic mass is 32.2. The summed E-state index contributed by atoms with van der Waals surface area (Å²) in [6, 6.07) is 10.8. The van der Waals surface area contributed by atoms with Crippen molar-refractivity contribution in [2.45, 2.75) is 18.9 Å². The lowest BCUT2D eigenvalue weighted by molar-refractivity contribution is -0.914. The first-order valence-electron chi connectivity index (χ1n) is 9.80. The molecule has 172 valence electrons. The van der Waals surface area contributed by atoms with Gasteiger partial charge in [0.25, 0.3) is 0 Å². The zero-order chi connectivity index (χ0) is 23.2. The van der Waals surface area contributed by atoms with Crippen LogP contribution in [-0.2, 0) is 23.0 Å². The van der Waals surface area contributed by atoms with Crippen LogP contribution in [0.2, 0.25) is 0 Å². The monoisotopic (exact) mass is 453 g/mol. The quantitative estimate of drug-likeness (QED) is 0.657. The van der Waals surface area contributed by atoms with Gasteiger partial charge in [0.15, 0.2) is 23.0 Å². The molecule has 31 heavy (non-hydrogen) atoms. The number of ether oxygens (including phenoxy) is 4. The first-order chi connectivity index (χ1) is 14.6. The van der Waals surface area contributed by atoms with E-state index in [1.165, 1.54) is 21.6 Å². The van der Waals surface area contributed by atoms with E-state index in [0.717, 1.165) is 42.4 Å². The molecule has 0 bridgehead atoms. The number of hydrogen-bond acceptors (Lipinski definition) is 7. The third kappa shape index (κ3) is 6.75. The zero-order valence-electron chi connectivity index (χ0n) is 18.9. The highest BCUT2D eigenvalue weighted by Gasteiger charge is 2.30. The molecule has 8 nitrogen and oxygen atoms in total. The Balaban J connectivity index is 0.000000614. The summed E-state index contributed by atoms with van der Waals surface area (Å²) in [5.41, 5.74) is 3.91. The van der Waals surface area contributed by atoms with Gasteiger partial charge in [0.05, 0.1) is 52.1 Å². The average molecular weight is 454 g/mol. The molecule has 0 aromatic heterocycles. The number of likely N-dealkylation sites (N-methyl/N-ethyl adjacent to an activating group) is 1. The van der Waals surface area contributed by atoms with Crippen molar-refractivity contribution in [2.24, 2.45) is 0 Å². The molecule has 2 atom stereocenters. The van der Waals surface area contributed by atoms with Gasteiger partial charge in [-0.15, -0.1) is 0 Å². The average Bonchev–Trinajstić information content (AvgIpc) is 2.73. The molecule has 2 aromatic rings. The Bertz CT molecular complexity index is 984. The Morgan fingerprint density at radius 1 is 0.935 bits per heavy atom. The van der Waals surface area contributed by atoms with Crippen LogP contribution in [0, 0.1) is 0 Å². The third-order valence-electron chi connectivity index (χ3n) is 5.29. The van der Waals surface area contributed by atoms with Gasteiger partial charge in [-0.1, -0.05) is 6.07 Å². The van der Waals surface area contributed by atoms with Gasteiger partial charge in [0.2, 0.25) is 0 Å². The first-order valence-corrected chi connectivity index (χ1v) is 11.6. The molecule has 0 aliphatic carbocycles. The maximum Gasteiger partial charge on any atom is 0.161 e. The molecule has 1 aliphatic rings. The van der Waals surface area contributed by atoms with E-state index in [4.69, 9.17) is 31.9 Å². The fraction of sp³-hybridized carbons (Fsp3) is 0.455. The van der Waals surface area contributed by atoms with Crippen molar-refractivity contribution in [3.8, 4) is 23.0 Å². The van der Waals surface area contributed by atoms with Crippen molar-refractivity contribution in [3.63, 3.8) is 0 Å². The molecule has 1 heterocycles. The van der Waals surface area contributed by atoms with Gasteiger partial charge in [0, 0.05) is 24.7 Å². The molecule has 0 amide bonds. The standard InChI is InChI=1S/C21H27NO4.CH4O3S/c1-22-9-8-15-12-20(25-4)21(26-5)13-16(15)17(22)10-14-6-7-18(23-2)19(11-14)24-3;1-5(2,3)4/h6-7,11-13,17H,8-10H2,1-5H3;1H3,(H,2,3,4). The lowest BCUT2D eigenvalue weighted by Crippen LogP contribution is -3.10. The van der Waals surface area contributed by atoms with Crippen molar-refractivity contribution in [1.29, 1.82) is 0 Å². The molecule has 2 unspecified atom stereocenters. The molecule has 2 aromatic carbocycles. The second kappa shape index (κ2) is 10.7. The van der Waals surface area contributed by atoms with Crippen LogP contribution < -0.4 is 23.8 Å². The van der Waals surface area contributed by atoms with Crippen molar-refractivity contribution in [3.05, 3.63) is 47.0 Å². The summed E-state index contributed by atoms with van der Waals surface area (Å²) in [4.78, 5) is 1.50. The van der Waals surface area contributed by atoms with Crippen LogP contribution in [0.5, 0.6) is 23.0 Å². The second-order valence-corrected chi connectivity index (χ2v) is 8.81. The molecule has 1 aliphatic heterocycles. The van der Waals surface area contributed by atoms with Gasteiger partial charge in [-0.3, -0.25) is 0 Å². The number of fused-ring (bicyclic) bond motifs is 1. The van der Waals surface area contributed by atoms with Crippen molar-refractivity contribution < 1.29 is 36.8 Å². The number of methoxy groups -OCH3 is 4. The third-order valence-corrected chi connectivity index (χ3v) is 5.29. The van der Waals surface area contributed by atoms with Gasteiger partial charge in [-0.25, -0.2) is 8.42 Å². The Hall–Kier alpha value is -2.49.